The Balaban J connectivity index is 1.68. The fourth-order valence-electron chi connectivity index (χ4n) is 1.75. The number of esters is 1. The van der Waals surface area contributed by atoms with Crippen molar-refractivity contribution in [2.45, 2.75) is 6.42 Å². The highest BCUT2D eigenvalue weighted by molar-refractivity contribution is 5.90. The molecule has 1 N–H and O–H groups in total. The van der Waals surface area contributed by atoms with Crippen LogP contribution >= 0.6 is 0 Å². The predicted molar refractivity (Wildman–Crippen MR) is 77.6 cm³/mol. The highest BCUT2D eigenvalue weighted by atomic mass is 19.1. The molecule has 2 aromatic rings. The first-order chi connectivity index (χ1) is 10.6. The van der Waals surface area contributed by atoms with Crippen LogP contribution in [0.2, 0.25) is 0 Å². The van der Waals surface area contributed by atoms with Gasteiger partial charge in [-0.15, -0.1) is 0 Å². The minimum Gasteiger partial charge on any atom is -0.452 e. The van der Waals surface area contributed by atoms with Crippen molar-refractivity contribution in [3.05, 3.63) is 65.7 Å². The first kappa shape index (κ1) is 15.6. The number of rotatable bonds is 6. The van der Waals surface area contributed by atoms with Crippen LogP contribution in [0.25, 0.3) is 0 Å². The van der Waals surface area contributed by atoms with Gasteiger partial charge in [-0.2, -0.15) is 0 Å². The zero-order chi connectivity index (χ0) is 15.8. The van der Waals surface area contributed by atoms with Crippen molar-refractivity contribution in [2.75, 3.05) is 13.2 Å². The van der Waals surface area contributed by atoms with Gasteiger partial charge in [0, 0.05) is 18.9 Å². The first-order valence-electron chi connectivity index (χ1n) is 6.73. The number of benzene rings is 1. The standard InChI is InChI=1S/C16H15FN2O3/c17-14-5-3-12(4-6-14)7-9-19-15(20)11-22-16(21)13-2-1-8-18-10-13/h1-6,8,10H,7,9,11H2,(H,19,20). The van der Waals surface area contributed by atoms with Crippen molar-refractivity contribution in [3.63, 3.8) is 0 Å². The number of pyridine rings is 1. The number of ether oxygens (including phenoxy) is 1. The molecule has 1 aromatic heterocycles. The Morgan fingerprint density at radius 2 is 1.95 bits per heavy atom. The van der Waals surface area contributed by atoms with Crippen LogP contribution in [0, 0.1) is 5.82 Å². The zero-order valence-corrected chi connectivity index (χ0v) is 11.8. The van der Waals surface area contributed by atoms with E-state index in [1.165, 1.54) is 18.3 Å². The summed E-state index contributed by atoms with van der Waals surface area (Å²) in [5.74, 6) is -1.28. The average molecular weight is 302 g/mol. The maximum atomic E-state index is 12.7. The van der Waals surface area contributed by atoms with Gasteiger partial charge in [-0.1, -0.05) is 12.1 Å². The molecular formula is C16H15FN2O3. The minimum absolute atomic E-state index is 0.293. The van der Waals surface area contributed by atoms with Crippen LogP contribution in [0.1, 0.15) is 15.9 Å². The van der Waals surface area contributed by atoms with Gasteiger partial charge in [-0.05, 0) is 36.2 Å². The lowest BCUT2D eigenvalue weighted by Crippen LogP contribution is -2.30. The Morgan fingerprint density at radius 1 is 1.18 bits per heavy atom. The van der Waals surface area contributed by atoms with Crippen molar-refractivity contribution in [1.82, 2.24) is 10.3 Å². The molecule has 5 nitrogen and oxygen atoms in total. The van der Waals surface area contributed by atoms with E-state index in [1.54, 1.807) is 30.5 Å². The van der Waals surface area contributed by atoms with E-state index in [0.717, 1.165) is 5.56 Å². The molecule has 2 rings (SSSR count). The number of amides is 1. The van der Waals surface area contributed by atoms with Crippen LogP contribution in [0.5, 0.6) is 0 Å². The highest BCUT2D eigenvalue weighted by Gasteiger charge is 2.09. The molecule has 22 heavy (non-hydrogen) atoms. The third kappa shape index (κ3) is 4.97. The van der Waals surface area contributed by atoms with Crippen LogP contribution in [-0.2, 0) is 16.0 Å². The SMILES string of the molecule is O=C(COC(=O)c1cccnc1)NCCc1ccc(F)cc1. The third-order valence-corrected chi connectivity index (χ3v) is 2.88. The van der Waals surface area contributed by atoms with Crippen molar-refractivity contribution in [2.24, 2.45) is 0 Å². The lowest BCUT2D eigenvalue weighted by molar-refractivity contribution is -0.124. The van der Waals surface area contributed by atoms with E-state index in [-0.39, 0.29) is 18.3 Å². The van der Waals surface area contributed by atoms with Crippen LogP contribution in [-0.4, -0.2) is 30.0 Å². The van der Waals surface area contributed by atoms with E-state index >= 15 is 0 Å². The lowest BCUT2D eigenvalue weighted by Gasteiger charge is -2.06. The molecule has 114 valence electrons. The highest BCUT2D eigenvalue weighted by Crippen LogP contribution is 2.03. The average Bonchev–Trinajstić information content (AvgIpc) is 2.55. The van der Waals surface area contributed by atoms with E-state index in [9.17, 15) is 14.0 Å². The van der Waals surface area contributed by atoms with E-state index in [1.807, 2.05) is 0 Å². The number of nitrogens with zero attached hydrogens (tertiary/aromatic N) is 1. The molecular weight excluding hydrogens is 287 g/mol. The summed E-state index contributed by atoms with van der Waals surface area (Å²) < 4.78 is 17.6. The summed E-state index contributed by atoms with van der Waals surface area (Å²) in [4.78, 5) is 27.0. The van der Waals surface area contributed by atoms with E-state index in [4.69, 9.17) is 4.74 Å². The zero-order valence-electron chi connectivity index (χ0n) is 11.8. The smallest absolute Gasteiger partial charge is 0.340 e. The van der Waals surface area contributed by atoms with Gasteiger partial charge in [0.05, 0.1) is 5.56 Å². The van der Waals surface area contributed by atoms with Gasteiger partial charge >= 0.3 is 5.97 Å². The number of carbonyl (C=O) groups excluding carboxylic acids is 2. The van der Waals surface area contributed by atoms with E-state index in [2.05, 4.69) is 10.3 Å². The number of hydrogen-bond acceptors (Lipinski definition) is 4. The lowest BCUT2D eigenvalue weighted by atomic mass is 10.1. The number of aromatic nitrogens is 1. The Hall–Kier alpha value is -2.76. The van der Waals surface area contributed by atoms with E-state index < -0.39 is 5.97 Å². The van der Waals surface area contributed by atoms with Gasteiger partial charge in [-0.3, -0.25) is 9.78 Å². The van der Waals surface area contributed by atoms with Gasteiger partial charge in [0.1, 0.15) is 5.82 Å². The second-order valence-corrected chi connectivity index (χ2v) is 4.54. The molecule has 0 saturated heterocycles. The van der Waals surface area contributed by atoms with Crippen LogP contribution < -0.4 is 5.32 Å². The second-order valence-electron chi connectivity index (χ2n) is 4.54. The van der Waals surface area contributed by atoms with E-state index in [0.29, 0.717) is 18.5 Å². The molecule has 0 aliphatic rings. The van der Waals surface area contributed by atoms with Gasteiger partial charge in [0.2, 0.25) is 0 Å². The molecule has 6 heteroatoms. The summed E-state index contributed by atoms with van der Waals surface area (Å²) in [6, 6.07) is 9.22. The predicted octanol–water partition coefficient (Wildman–Crippen LogP) is 1.74. The molecule has 0 fully saturated rings. The second kappa shape index (κ2) is 7.87. The molecule has 0 saturated carbocycles. The molecule has 0 spiro atoms. The number of halogens is 1. The Morgan fingerprint density at radius 3 is 2.64 bits per heavy atom. The monoisotopic (exact) mass is 302 g/mol. The van der Waals surface area contributed by atoms with Gasteiger partial charge in [0.25, 0.3) is 5.91 Å². The Kier molecular flexibility index (Phi) is 5.59. The third-order valence-electron chi connectivity index (χ3n) is 2.88. The number of nitrogens with one attached hydrogen (secondary N) is 1. The van der Waals surface area contributed by atoms with Crippen LogP contribution in [0.4, 0.5) is 4.39 Å². The topological polar surface area (TPSA) is 68.3 Å². The molecule has 1 amide bonds. The summed E-state index contributed by atoms with van der Waals surface area (Å²) in [6.07, 6.45) is 3.48. The summed E-state index contributed by atoms with van der Waals surface area (Å²) >= 11 is 0. The van der Waals surface area contributed by atoms with Crippen molar-refractivity contribution >= 4 is 11.9 Å². The molecule has 0 radical (unpaired) electrons. The van der Waals surface area contributed by atoms with Crippen molar-refractivity contribution in [3.8, 4) is 0 Å². The number of hydrogen-bond donors (Lipinski definition) is 1. The Bertz CT molecular complexity index is 630. The molecule has 0 aliphatic carbocycles. The maximum absolute atomic E-state index is 12.7. The van der Waals surface area contributed by atoms with Crippen molar-refractivity contribution in [1.29, 1.82) is 0 Å². The largest absolute Gasteiger partial charge is 0.452 e. The molecule has 0 aliphatic heterocycles. The molecule has 0 unspecified atom stereocenters. The molecule has 0 bridgehead atoms. The summed E-state index contributed by atoms with van der Waals surface area (Å²) in [7, 11) is 0. The normalized spacial score (nSPS) is 10.0. The van der Waals surface area contributed by atoms with Gasteiger partial charge in [-0.25, -0.2) is 9.18 Å². The quantitative estimate of drug-likeness (QED) is 0.825. The number of carbonyl (C=O) groups is 2. The van der Waals surface area contributed by atoms with Gasteiger partial charge < -0.3 is 10.1 Å². The van der Waals surface area contributed by atoms with Crippen LogP contribution in [0.15, 0.2) is 48.8 Å². The Labute approximate surface area is 127 Å². The molecule has 1 heterocycles. The summed E-state index contributed by atoms with van der Waals surface area (Å²) in [6.45, 7) is 0.0338. The van der Waals surface area contributed by atoms with Gasteiger partial charge in [0.15, 0.2) is 6.61 Å². The minimum atomic E-state index is -0.596. The van der Waals surface area contributed by atoms with Crippen LogP contribution in [0.3, 0.4) is 0 Å². The molecule has 1 aromatic carbocycles. The fourth-order valence-corrected chi connectivity index (χ4v) is 1.75. The van der Waals surface area contributed by atoms with Crippen molar-refractivity contribution < 1.29 is 18.7 Å². The fraction of sp³-hybridized carbons (Fsp3) is 0.188. The summed E-state index contributed by atoms with van der Waals surface area (Å²) in [5.41, 5.74) is 1.20. The first-order valence-corrected chi connectivity index (χ1v) is 6.73. The molecule has 0 atom stereocenters. The maximum Gasteiger partial charge on any atom is 0.340 e. The summed E-state index contributed by atoms with van der Waals surface area (Å²) in [5, 5.41) is 2.63.